The lowest BCUT2D eigenvalue weighted by atomic mass is 10.2. The van der Waals surface area contributed by atoms with E-state index in [0.29, 0.717) is 16.1 Å². The smallest absolute Gasteiger partial charge is 0.319 e. The van der Waals surface area contributed by atoms with Crippen molar-refractivity contribution in [3.05, 3.63) is 35.0 Å². The van der Waals surface area contributed by atoms with Gasteiger partial charge in [0.2, 0.25) is 0 Å². The van der Waals surface area contributed by atoms with Crippen LogP contribution in [0, 0.1) is 0 Å². The average molecular weight is 231 g/mol. The Morgan fingerprint density at radius 2 is 2.13 bits per heavy atom. The lowest BCUT2D eigenvalue weighted by Crippen LogP contribution is -1.96. The second-order valence-electron chi connectivity index (χ2n) is 3.20. The van der Waals surface area contributed by atoms with Gasteiger partial charge in [-0.25, -0.2) is 0 Å². The van der Waals surface area contributed by atoms with Crippen LogP contribution in [0.1, 0.15) is 12.1 Å². The molecule has 0 fully saturated rings. The molecule has 0 spiro atoms. The minimum Gasteiger partial charge on any atom is -0.326 e. The van der Waals surface area contributed by atoms with E-state index in [9.17, 15) is 8.78 Å². The Kier molecular flexibility index (Phi) is 2.63. The molecule has 80 valence electrons. The lowest BCUT2D eigenvalue weighted by molar-refractivity contribution is 0.0751. The first-order chi connectivity index (χ1) is 7.13. The molecular formula is C10H9ClF2N2. The van der Waals surface area contributed by atoms with Crippen molar-refractivity contribution in [3.8, 4) is 0 Å². The molecule has 2 N–H and O–H groups in total. The van der Waals surface area contributed by atoms with Gasteiger partial charge in [0.25, 0.3) is 0 Å². The number of hydrogen-bond donors (Lipinski definition) is 1. The van der Waals surface area contributed by atoms with Crippen LogP contribution in [0.15, 0.2) is 24.4 Å². The Bertz CT molecular complexity index is 493. The van der Waals surface area contributed by atoms with E-state index >= 15 is 0 Å². The van der Waals surface area contributed by atoms with Gasteiger partial charge in [0.05, 0.1) is 5.52 Å². The number of aromatic nitrogens is 1. The summed E-state index contributed by atoms with van der Waals surface area (Å²) in [5, 5.41) is 1.16. The molecule has 2 aromatic rings. The molecule has 0 unspecified atom stereocenters. The average Bonchev–Trinajstić information content (AvgIpc) is 2.55. The molecule has 2 nitrogen and oxygen atoms in total. The van der Waals surface area contributed by atoms with Gasteiger partial charge in [0, 0.05) is 23.2 Å². The number of benzene rings is 1. The first kappa shape index (κ1) is 10.4. The maximum Gasteiger partial charge on any atom is 0.319 e. The van der Waals surface area contributed by atoms with Crippen LogP contribution in [0.25, 0.3) is 10.9 Å². The van der Waals surface area contributed by atoms with Crippen molar-refractivity contribution in [2.24, 2.45) is 5.73 Å². The number of nitrogens with zero attached hydrogens (tertiary/aromatic N) is 1. The highest BCUT2D eigenvalue weighted by Gasteiger charge is 2.13. The summed E-state index contributed by atoms with van der Waals surface area (Å²) in [5.41, 5.74) is 6.59. The zero-order valence-electron chi connectivity index (χ0n) is 7.75. The van der Waals surface area contributed by atoms with Crippen LogP contribution in [-0.4, -0.2) is 4.57 Å². The molecule has 0 radical (unpaired) electrons. The van der Waals surface area contributed by atoms with Gasteiger partial charge in [-0.05, 0) is 17.7 Å². The van der Waals surface area contributed by atoms with Crippen LogP contribution in [0.3, 0.4) is 0 Å². The van der Waals surface area contributed by atoms with Crippen molar-refractivity contribution in [2.45, 2.75) is 13.1 Å². The van der Waals surface area contributed by atoms with Crippen molar-refractivity contribution in [2.75, 3.05) is 0 Å². The number of nitrogens with two attached hydrogens (primary N) is 1. The largest absolute Gasteiger partial charge is 0.326 e. The van der Waals surface area contributed by atoms with Gasteiger partial charge >= 0.3 is 6.55 Å². The maximum atomic E-state index is 12.7. The minimum absolute atomic E-state index is 0.234. The Labute approximate surface area is 90.2 Å². The zero-order chi connectivity index (χ0) is 11.0. The van der Waals surface area contributed by atoms with Crippen molar-refractivity contribution in [1.29, 1.82) is 0 Å². The van der Waals surface area contributed by atoms with E-state index in [1.807, 2.05) is 0 Å². The van der Waals surface area contributed by atoms with Crippen LogP contribution in [0.2, 0.25) is 5.02 Å². The summed E-state index contributed by atoms with van der Waals surface area (Å²) in [6, 6.07) is 4.89. The monoisotopic (exact) mass is 230 g/mol. The third kappa shape index (κ3) is 1.70. The Morgan fingerprint density at radius 1 is 1.40 bits per heavy atom. The summed E-state index contributed by atoms with van der Waals surface area (Å²) < 4.78 is 26.2. The highest BCUT2D eigenvalue weighted by atomic mass is 35.5. The van der Waals surface area contributed by atoms with Gasteiger partial charge in [-0.2, -0.15) is 8.78 Å². The molecule has 2 rings (SSSR count). The maximum absolute atomic E-state index is 12.7. The molecule has 0 bridgehead atoms. The second-order valence-corrected chi connectivity index (χ2v) is 3.64. The van der Waals surface area contributed by atoms with E-state index in [-0.39, 0.29) is 6.54 Å². The summed E-state index contributed by atoms with van der Waals surface area (Å²) in [5.74, 6) is 0. The summed E-state index contributed by atoms with van der Waals surface area (Å²) in [6.07, 6.45) is 1.37. The summed E-state index contributed by atoms with van der Waals surface area (Å²) in [4.78, 5) is 0. The number of rotatable bonds is 2. The van der Waals surface area contributed by atoms with Crippen LogP contribution >= 0.6 is 11.6 Å². The number of halogens is 3. The molecule has 0 aliphatic carbocycles. The van der Waals surface area contributed by atoms with Crippen molar-refractivity contribution in [3.63, 3.8) is 0 Å². The van der Waals surface area contributed by atoms with Crippen molar-refractivity contribution < 1.29 is 8.78 Å². The first-order valence-corrected chi connectivity index (χ1v) is 4.78. The van der Waals surface area contributed by atoms with E-state index in [2.05, 4.69) is 0 Å². The standard InChI is InChI=1S/C10H9ClF2N2/c11-7-1-2-8-6(4-14)5-15(10(12)13)9(8)3-7/h1-3,5,10H,4,14H2. The van der Waals surface area contributed by atoms with Crippen LogP contribution in [0.5, 0.6) is 0 Å². The lowest BCUT2D eigenvalue weighted by Gasteiger charge is -2.02. The highest BCUT2D eigenvalue weighted by molar-refractivity contribution is 6.31. The minimum atomic E-state index is -2.58. The molecule has 1 heterocycles. The number of hydrogen-bond acceptors (Lipinski definition) is 1. The second kappa shape index (κ2) is 3.79. The normalized spacial score (nSPS) is 11.5. The van der Waals surface area contributed by atoms with Gasteiger partial charge in [-0.15, -0.1) is 0 Å². The first-order valence-electron chi connectivity index (χ1n) is 4.40. The fraction of sp³-hybridized carbons (Fsp3) is 0.200. The Morgan fingerprint density at radius 3 is 2.73 bits per heavy atom. The summed E-state index contributed by atoms with van der Waals surface area (Å²) >= 11 is 5.76. The molecule has 0 amide bonds. The molecular weight excluding hydrogens is 222 g/mol. The predicted molar refractivity (Wildman–Crippen MR) is 56.1 cm³/mol. The van der Waals surface area contributed by atoms with Gasteiger partial charge in [0.1, 0.15) is 0 Å². The third-order valence-electron chi connectivity index (χ3n) is 2.31. The molecule has 15 heavy (non-hydrogen) atoms. The topological polar surface area (TPSA) is 30.9 Å². The Balaban J connectivity index is 2.76. The quantitative estimate of drug-likeness (QED) is 0.844. The molecule has 0 saturated carbocycles. The number of alkyl halides is 2. The molecule has 0 aliphatic rings. The molecule has 5 heteroatoms. The Hall–Kier alpha value is -1.13. The van der Waals surface area contributed by atoms with E-state index in [1.54, 1.807) is 12.1 Å². The van der Waals surface area contributed by atoms with E-state index in [0.717, 1.165) is 9.95 Å². The molecule has 1 aromatic heterocycles. The van der Waals surface area contributed by atoms with Gasteiger partial charge < -0.3 is 5.73 Å². The molecule has 0 atom stereocenters. The predicted octanol–water partition coefficient (Wildman–Crippen LogP) is 3.15. The van der Waals surface area contributed by atoms with Crippen LogP contribution in [-0.2, 0) is 6.54 Å². The van der Waals surface area contributed by atoms with Gasteiger partial charge in [0.15, 0.2) is 0 Å². The third-order valence-corrected chi connectivity index (χ3v) is 2.54. The molecule has 0 aliphatic heterocycles. The molecule has 0 saturated heterocycles. The van der Waals surface area contributed by atoms with Crippen molar-refractivity contribution in [1.82, 2.24) is 4.57 Å². The van der Waals surface area contributed by atoms with E-state index in [1.165, 1.54) is 12.3 Å². The van der Waals surface area contributed by atoms with Crippen LogP contribution < -0.4 is 5.73 Å². The number of fused-ring (bicyclic) bond motifs is 1. The van der Waals surface area contributed by atoms with Gasteiger partial charge in [-0.1, -0.05) is 17.7 Å². The summed E-state index contributed by atoms with van der Waals surface area (Å²) in [7, 11) is 0. The van der Waals surface area contributed by atoms with Crippen molar-refractivity contribution >= 4 is 22.5 Å². The van der Waals surface area contributed by atoms with E-state index < -0.39 is 6.55 Å². The fourth-order valence-corrected chi connectivity index (χ4v) is 1.79. The van der Waals surface area contributed by atoms with Gasteiger partial charge in [-0.3, -0.25) is 4.57 Å². The summed E-state index contributed by atoms with van der Waals surface area (Å²) in [6.45, 7) is -2.34. The van der Waals surface area contributed by atoms with Crippen LogP contribution in [0.4, 0.5) is 8.78 Å². The zero-order valence-corrected chi connectivity index (χ0v) is 8.51. The fourth-order valence-electron chi connectivity index (χ4n) is 1.62. The molecule has 1 aromatic carbocycles. The highest BCUT2D eigenvalue weighted by Crippen LogP contribution is 2.28. The van der Waals surface area contributed by atoms with E-state index in [4.69, 9.17) is 17.3 Å². The SMILES string of the molecule is NCc1cn(C(F)F)c2cc(Cl)ccc12.